The van der Waals surface area contributed by atoms with Gasteiger partial charge in [0.15, 0.2) is 11.5 Å². The molecule has 1 N–H and O–H groups in total. The van der Waals surface area contributed by atoms with E-state index in [4.69, 9.17) is 4.98 Å². The minimum atomic E-state index is -0.476. The van der Waals surface area contributed by atoms with Crippen molar-refractivity contribution in [1.29, 1.82) is 0 Å². The number of nitrogens with zero attached hydrogens (tertiary/aromatic N) is 5. The third-order valence-electron chi connectivity index (χ3n) is 5.30. The van der Waals surface area contributed by atoms with Crippen molar-refractivity contribution in [2.75, 3.05) is 43.4 Å². The Balaban J connectivity index is 1.38. The van der Waals surface area contributed by atoms with Gasteiger partial charge in [0, 0.05) is 50.0 Å². The lowest BCUT2D eigenvalue weighted by Gasteiger charge is -2.33. The van der Waals surface area contributed by atoms with Crippen molar-refractivity contribution in [2.24, 2.45) is 0 Å². The van der Waals surface area contributed by atoms with Gasteiger partial charge in [0.25, 0.3) is 5.91 Å². The molecule has 0 spiro atoms. The number of hydrogen-bond donors (Lipinski definition) is 1. The molecular weight excluding hydrogens is 403 g/mol. The Labute approximate surface area is 176 Å². The first-order valence-corrected chi connectivity index (χ1v) is 10.6. The van der Waals surface area contributed by atoms with Gasteiger partial charge in [-0.15, -0.1) is 11.3 Å². The second-order valence-electron chi connectivity index (χ2n) is 7.61. The maximum Gasteiger partial charge on any atom is 0.265 e. The molecule has 1 amide bonds. The van der Waals surface area contributed by atoms with Gasteiger partial charge in [0.05, 0.1) is 16.3 Å². The highest BCUT2D eigenvalue weighted by Crippen LogP contribution is 2.28. The van der Waals surface area contributed by atoms with Gasteiger partial charge in [-0.05, 0) is 32.2 Å². The minimum absolute atomic E-state index is 0.244. The Morgan fingerprint density at radius 2 is 1.93 bits per heavy atom. The number of halogens is 1. The van der Waals surface area contributed by atoms with E-state index in [0.29, 0.717) is 16.3 Å². The summed E-state index contributed by atoms with van der Waals surface area (Å²) < 4.78 is 15.9. The summed E-state index contributed by atoms with van der Waals surface area (Å²) in [5.41, 5.74) is 1.34. The first kappa shape index (κ1) is 19.0. The number of pyridine rings is 2. The molecule has 0 unspecified atom stereocenters. The Morgan fingerprint density at radius 3 is 2.73 bits per heavy atom. The van der Waals surface area contributed by atoms with E-state index >= 15 is 0 Å². The summed E-state index contributed by atoms with van der Waals surface area (Å²) in [7, 11) is 2.12. The van der Waals surface area contributed by atoms with Gasteiger partial charge >= 0.3 is 0 Å². The van der Waals surface area contributed by atoms with Crippen LogP contribution in [0.15, 0.2) is 36.7 Å². The van der Waals surface area contributed by atoms with Crippen LogP contribution in [0.25, 0.3) is 15.9 Å². The van der Waals surface area contributed by atoms with Gasteiger partial charge in [-0.1, -0.05) is 0 Å². The van der Waals surface area contributed by atoms with Crippen molar-refractivity contribution in [3.05, 3.63) is 53.0 Å². The molecule has 0 atom stereocenters. The second-order valence-corrected chi connectivity index (χ2v) is 8.64. The molecular formula is C21H21FN6OS. The fourth-order valence-corrected chi connectivity index (χ4v) is 4.59. The molecule has 0 bridgehead atoms. The molecule has 4 aromatic rings. The molecule has 0 saturated carbocycles. The summed E-state index contributed by atoms with van der Waals surface area (Å²) >= 11 is 1.34. The number of rotatable bonds is 3. The zero-order valence-electron chi connectivity index (χ0n) is 16.7. The van der Waals surface area contributed by atoms with Crippen LogP contribution in [0.5, 0.6) is 0 Å². The summed E-state index contributed by atoms with van der Waals surface area (Å²) in [6.45, 7) is 5.70. The molecule has 1 saturated heterocycles. The number of fused-ring (bicyclic) bond motifs is 2. The molecule has 9 heteroatoms. The number of aryl methyl sites for hydroxylation is 1. The SMILES string of the molecule is Cc1cn2cc(NC(=O)c3cc4ccc(N5CCN(C)CC5)nc4s3)cc(F)c2n1. The standard InChI is InChI=1S/C21H21FN6OS/c1-13-11-28-12-15(10-16(22)19(28)23-13)24-20(29)17-9-14-3-4-18(25-21(14)30-17)27-7-5-26(2)6-8-27/h3-4,9-12H,5-8H2,1-2H3,(H,24,29). The predicted octanol–water partition coefficient (Wildman–Crippen LogP) is 3.40. The van der Waals surface area contributed by atoms with E-state index in [2.05, 4.69) is 27.1 Å². The van der Waals surface area contributed by atoms with E-state index in [0.717, 1.165) is 42.2 Å². The van der Waals surface area contributed by atoms with Crippen LogP contribution in [0.2, 0.25) is 0 Å². The monoisotopic (exact) mass is 424 g/mol. The van der Waals surface area contributed by atoms with Crippen LogP contribution in [-0.2, 0) is 0 Å². The molecule has 1 fully saturated rings. The average molecular weight is 425 g/mol. The van der Waals surface area contributed by atoms with Gasteiger partial charge in [0.1, 0.15) is 10.6 Å². The molecule has 4 aromatic heterocycles. The maximum absolute atomic E-state index is 14.3. The number of aromatic nitrogens is 3. The molecule has 0 aromatic carbocycles. The van der Waals surface area contributed by atoms with Crippen LogP contribution in [0.3, 0.4) is 0 Å². The zero-order valence-corrected chi connectivity index (χ0v) is 17.5. The smallest absolute Gasteiger partial charge is 0.265 e. The average Bonchev–Trinajstić information content (AvgIpc) is 3.31. The van der Waals surface area contributed by atoms with Crippen molar-refractivity contribution < 1.29 is 9.18 Å². The quantitative estimate of drug-likeness (QED) is 0.546. The van der Waals surface area contributed by atoms with Gasteiger partial charge in [-0.25, -0.2) is 14.4 Å². The van der Waals surface area contributed by atoms with Crippen molar-refractivity contribution in [3.63, 3.8) is 0 Å². The fraction of sp³-hybridized carbons (Fsp3) is 0.286. The van der Waals surface area contributed by atoms with E-state index in [1.54, 1.807) is 23.7 Å². The number of likely N-dealkylation sites (N-methyl/N-ethyl adjacent to an activating group) is 1. The van der Waals surface area contributed by atoms with Crippen LogP contribution in [0.1, 0.15) is 15.4 Å². The third kappa shape index (κ3) is 3.50. The lowest BCUT2D eigenvalue weighted by molar-refractivity contribution is 0.103. The van der Waals surface area contributed by atoms with Crippen LogP contribution >= 0.6 is 11.3 Å². The highest BCUT2D eigenvalue weighted by atomic mass is 32.1. The Kier molecular flexibility index (Phi) is 4.63. The number of piperazine rings is 1. The van der Waals surface area contributed by atoms with Gasteiger partial charge in [-0.3, -0.25) is 4.79 Å². The van der Waals surface area contributed by atoms with Crippen LogP contribution < -0.4 is 10.2 Å². The number of anilines is 2. The molecule has 7 nitrogen and oxygen atoms in total. The minimum Gasteiger partial charge on any atom is -0.354 e. The molecule has 0 aliphatic carbocycles. The number of imidazole rings is 1. The summed E-state index contributed by atoms with van der Waals surface area (Å²) in [6, 6.07) is 7.12. The summed E-state index contributed by atoms with van der Waals surface area (Å²) in [5, 5.41) is 3.71. The van der Waals surface area contributed by atoms with Crippen molar-refractivity contribution in [2.45, 2.75) is 6.92 Å². The molecule has 5 rings (SSSR count). The first-order chi connectivity index (χ1) is 14.5. The molecule has 1 aliphatic rings. The fourth-order valence-electron chi connectivity index (χ4n) is 3.67. The van der Waals surface area contributed by atoms with E-state index in [9.17, 15) is 9.18 Å². The number of carbonyl (C=O) groups is 1. The summed E-state index contributed by atoms with van der Waals surface area (Å²) in [4.78, 5) is 27.6. The third-order valence-corrected chi connectivity index (χ3v) is 6.35. The normalized spacial score (nSPS) is 15.2. The van der Waals surface area contributed by atoms with E-state index < -0.39 is 5.82 Å². The summed E-state index contributed by atoms with van der Waals surface area (Å²) in [5.74, 6) is 0.179. The van der Waals surface area contributed by atoms with Crippen LogP contribution in [-0.4, -0.2) is 58.4 Å². The Hall–Kier alpha value is -3.04. The van der Waals surface area contributed by atoms with Gasteiger partial charge in [-0.2, -0.15) is 0 Å². The number of hydrogen-bond acceptors (Lipinski definition) is 6. The van der Waals surface area contributed by atoms with E-state index in [-0.39, 0.29) is 11.6 Å². The largest absolute Gasteiger partial charge is 0.354 e. The molecule has 0 radical (unpaired) electrons. The molecule has 5 heterocycles. The van der Waals surface area contributed by atoms with E-state index in [1.165, 1.54) is 17.4 Å². The van der Waals surface area contributed by atoms with Crippen LogP contribution in [0.4, 0.5) is 15.9 Å². The van der Waals surface area contributed by atoms with Crippen LogP contribution in [0, 0.1) is 12.7 Å². The molecule has 154 valence electrons. The topological polar surface area (TPSA) is 65.8 Å². The Morgan fingerprint density at radius 1 is 1.13 bits per heavy atom. The van der Waals surface area contributed by atoms with E-state index in [1.807, 2.05) is 18.2 Å². The molecule has 1 aliphatic heterocycles. The van der Waals surface area contributed by atoms with Gasteiger partial charge in [0.2, 0.25) is 0 Å². The number of amides is 1. The van der Waals surface area contributed by atoms with Gasteiger partial charge < -0.3 is 19.5 Å². The number of carbonyl (C=O) groups excluding carboxylic acids is 1. The summed E-state index contributed by atoms with van der Waals surface area (Å²) in [6.07, 6.45) is 3.38. The number of nitrogens with one attached hydrogen (secondary N) is 1. The lowest BCUT2D eigenvalue weighted by Crippen LogP contribution is -2.44. The highest BCUT2D eigenvalue weighted by molar-refractivity contribution is 7.20. The second kappa shape index (κ2) is 7.33. The van der Waals surface area contributed by atoms with Crippen molar-refractivity contribution >= 4 is 44.6 Å². The highest BCUT2D eigenvalue weighted by Gasteiger charge is 2.18. The van der Waals surface area contributed by atoms with Crippen molar-refractivity contribution in [3.8, 4) is 0 Å². The predicted molar refractivity (Wildman–Crippen MR) is 117 cm³/mol. The maximum atomic E-state index is 14.3. The lowest BCUT2D eigenvalue weighted by atomic mass is 10.2. The zero-order chi connectivity index (χ0) is 20.8. The molecule has 30 heavy (non-hydrogen) atoms. The first-order valence-electron chi connectivity index (χ1n) is 9.76. The van der Waals surface area contributed by atoms with Crippen molar-refractivity contribution in [1.82, 2.24) is 19.3 Å². The Bertz CT molecular complexity index is 1260. The number of thiophene rings is 1.